The number of anilines is 1. The standard InChI is InChI=1S/C35H31N3O6S/c1-23-31(36-34(40)43-24(2)25-9-5-3-6-10-25)32(44-37-23)28-15-13-26(14-16-28)27-17-19-29(20-18-27)35(21-22-35)33(39)38-45(41,42)30-11-7-4-8-12-30/h3-20,24H,21-22H2,1-2H3,(H,36,40)(H,38,39). The Balaban J connectivity index is 1.13. The largest absolute Gasteiger partial charge is 0.441 e. The summed E-state index contributed by atoms with van der Waals surface area (Å²) >= 11 is 0. The highest BCUT2D eigenvalue weighted by Crippen LogP contribution is 2.49. The number of hydrogen-bond donors (Lipinski definition) is 2. The third-order valence-corrected chi connectivity index (χ3v) is 9.37. The number of nitrogens with one attached hydrogen (secondary N) is 2. The molecule has 0 bridgehead atoms. The van der Waals surface area contributed by atoms with Gasteiger partial charge in [-0.15, -0.1) is 0 Å². The SMILES string of the molecule is Cc1noc(-c2ccc(-c3ccc(C4(C(=O)NS(=O)(=O)c5ccccc5)CC4)cc3)cc2)c1NC(=O)OC(C)c1ccccc1. The Hall–Kier alpha value is -5.22. The number of carbonyl (C=O) groups excluding carboxylic acids is 2. The van der Waals surface area contributed by atoms with Gasteiger partial charge in [0.05, 0.1) is 10.3 Å². The van der Waals surface area contributed by atoms with Crippen molar-refractivity contribution in [3.05, 3.63) is 126 Å². The van der Waals surface area contributed by atoms with Gasteiger partial charge in [-0.1, -0.05) is 102 Å². The zero-order chi connectivity index (χ0) is 31.6. The van der Waals surface area contributed by atoms with Crippen molar-refractivity contribution in [3.8, 4) is 22.5 Å². The van der Waals surface area contributed by atoms with Crippen LogP contribution >= 0.6 is 0 Å². The molecule has 6 rings (SSSR count). The Labute approximate surface area is 261 Å². The van der Waals surface area contributed by atoms with Gasteiger partial charge in [-0.25, -0.2) is 17.9 Å². The summed E-state index contributed by atoms with van der Waals surface area (Å²) in [6.45, 7) is 3.54. The normalized spacial score (nSPS) is 14.3. The fourth-order valence-electron chi connectivity index (χ4n) is 5.24. The average molecular weight is 622 g/mol. The maximum absolute atomic E-state index is 13.1. The van der Waals surface area contributed by atoms with Crippen LogP contribution in [0.1, 0.15) is 42.7 Å². The summed E-state index contributed by atoms with van der Waals surface area (Å²) in [7, 11) is -3.96. The number of hydrogen-bond acceptors (Lipinski definition) is 7. The van der Waals surface area contributed by atoms with Crippen molar-refractivity contribution in [2.45, 2.75) is 43.1 Å². The molecule has 2 N–H and O–H groups in total. The summed E-state index contributed by atoms with van der Waals surface area (Å²) in [5, 5.41) is 6.82. The van der Waals surface area contributed by atoms with Gasteiger partial charge >= 0.3 is 6.09 Å². The van der Waals surface area contributed by atoms with Crippen molar-refractivity contribution < 1.29 is 27.3 Å². The van der Waals surface area contributed by atoms with Crippen LogP contribution in [-0.4, -0.2) is 25.6 Å². The number of sulfonamides is 1. The molecule has 1 aromatic heterocycles. The highest BCUT2D eigenvalue weighted by molar-refractivity contribution is 7.90. The Morgan fingerprint density at radius 1 is 0.822 bits per heavy atom. The van der Waals surface area contributed by atoms with E-state index in [1.807, 2.05) is 78.9 Å². The van der Waals surface area contributed by atoms with E-state index in [1.54, 1.807) is 32.0 Å². The molecule has 0 spiro atoms. The third-order valence-electron chi connectivity index (χ3n) is 8.03. The highest BCUT2D eigenvalue weighted by Gasteiger charge is 2.52. The lowest BCUT2D eigenvalue weighted by molar-refractivity contribution is -0.121. The van der Waals surface area contributed by atoms with E-state index in [9.17, 15) is 18.0 Å². The van der Waals surface area contributed by atoms with Crippen LogP contribution in [0.5, 0.6) is 0 Å². The third kappa shape index (κ3) is 6.23. The lowest BCUT2D eigenvalue weighted by atomic mass is 9.93. The van der Waals surface area contributed by atoms with Crippen LogP contribution in [0.15, 0.2) is 119 Å². The number of ether oxygens (including phenoxy) is 1. The maximum atomic E-state index is 13.1. The van der Waals surface area contributed by atoms with Gasteiger partial charge in [-0.2, -0.15) is 0 Å². The van der Waals surface area contributed by atoms with Gasteiger partial charge in [0.15, 0.2) is 5.76 Å². The van der Waals surface area contributed by atoms with E-state index in [2.05, 4.69) is 15.2 Å². The smallest absolute Gasteiger partial charge is 0.412 e. The first-order valence-corrected chi connectivity index (χ1v) is 16.0. The summed E-state index contributed by atoms with van der Waals surface area (Å²) in [5.74, 6) is -0.112. The van der Waals surface area contributed by atoms with Crippen LogP contribution in [0.3, 0.4) is 0 Å². The minimum absolute atomic E-state index is 0.0499. The van der Waals surface area contributed by atoms with Gasteiger partial charge in [-0.05, 0) is 61.1 Å². The lowest BCUT2D eigenvalue weighted by Crippen LogP contribution is -2.38. The monoisotopic (exact) mass is 621 g/mol. The molecule has 1 atom stereocenters. The van der Waals surface area contributed by atoms with E-state index < -0.39 is 33.5 Å². The first kappa shape index (κ1) is 29.8. The Bertz CT molecular complexity index is 1930. The minimum atomic E-state index is -3.96. The molecule has 1 unspecified atom stereocenters. The summed E-state index contributed by atoms with van der Waals surface area (Å²) in [6, 6.07) is 32.5. The molecule has 5 aromatic rings. The minimum Gasteiger partial charge on any atom is -0.441 e. The Morgan fingerprint density at radius 3 is 1.98 bits per heavy atom. The Morgan fingerprint density at radius 2 is 1.38 bits per heavy atom. The van der Waals surface area contributed by atoms with Crippen molar-refractivity contribution in [2.75, 3.05) is 5.32 Å². The van der Waals surface area contributed by atoms with E-state index >= 15 is 0 Å². The van der Waals surface area contributed by atoms with Gasteiger partial charge in [0, 0.05) is 5.56 Å². The van der Waals surface area contributed by atoms with Gasteiger partial charge < -0.3 is 9.26 Å². The van der Waals surface area contributed by atoms with Gasteiger partial charge in [0.25, 0.3) is 10.0 Å². The lowest BCUT2D eigenvalue weighted by Gasteiger charge is -2.16. The van der Waals surface area contributed by atoms with Crippen LogP contribution in [0.25, 0.3) is 22.5 Å². The molecule has 9 nitrogen and oxygen atoms in total. The average Bonchev–Trinajstić information content (AvgIpc) is 3.80. The molecule has 1 saturated carbocycles. The summed E-state index contributed by atoms with van der Waals surface area (Å²) in [6.07, 6.45) is 0.0912. The van der Waals surface area contributed by atoms with Gasteiger partial charge in [0.2, 0.25) is 5.91 Å². The molecule has 0 saturated heterocycles. The van der Waals surface area contributed by atoms with Crippen molar-refractivity contribution in [2.24, 2.45) is 0 Å². The molecule has 1 fully saturated rings. The number of amides is 2. The molecule has 10 heteroatoms. The molecule has 1 heterocycles. The van der Waals surface area contributed by atoms with Crippen molar-refractivity contribution in [1.82, 2.24) is 9.88 Å². The number of aryl methyl sites for hydroxylation is 1. The van der Waals surface area contributed by atoms with E-state index in [0.717, 1.165) is 27.8 Å². The van der Waals surface area contributed by atoms with E-state index in [1.165, 1.54) is 12.1 Å². The fourth-order valence-corrected chi connectivity index (χ4v) is 6.32. The first-order chi connectivity index (χ1) is 21.7. The van der Waals surface area contributed by atoms with E-state index in [0.29, 0.717) is 30.0 Å². The molecule has 1 aliphatic carbocycles. The quantitative estimate of drug-likeness (QED) is 0.179. The number of nitrogens with zero attached hydrogens (tertiary/aromatic N) is 1. The van der Waals surface area contributed by atoms with Crippen LogP contribution in [-0.2, 0) is 25.0 Å². The van der Waals surface area contributed by atoms with Gasteiger partial charge in [0.1, 0.15) is 17.5 Å². The van der Waals surface area contributed by atoms with Crippen molar-refractivity contribution >= 4 is 27.7 Å². The molecule has 0 radical (unpaired) electrons. The van der Waals surface area contributed by atoms with E-state index in [-0.39, 0.29) is 4.90 Å². The summed E-state index contributed by atoms with van der Waals surface area (Å²) in [5.41, 5.74) is 4.30. The predicted octanol–water partition coefficient (Wildman–Crippen LogP) is 7.16. The second kappa shape index (κ2) is 12.0. The zero-order valence-electron chi connectivity index (χ0n) is 24.7. The molecule has 4 aromatic carbocycles. The second-order valence-corrected chi connectivity index (χ2v) is 12.7. The number of rotatable bonds is 9. The van der Waals surface area contributed by atoms with E-state index in [4.69, 9.17) is 9.26 Å². The molecule has 2 amide bonds. The summed E-state index contributed by atoms with van der Waals surface area (Å²) < 4.78 is 38.8. The highest BCUT2D eigenvalue weighted by atomic mass is 32.2. The topological polar surface area (TPSA) is 128 Å². The molecular formula is C35H31N3O6S. The van der Waals surface area contributed by atoms with Crippen molar-refractivity contribution in [3.63, 3.8) is 0 Å². The molecule has 45 heavy (non-hydrogen) atoms. The molecular weight excluding hydrogens is 590 g/mol. The summed E-state index contributed by atoms with van der Waals surface area (Å²) in [4.78, 5) is 25.9. The fraction of sp³-hybridized carbons (Fsp3) is 0.171. The van der Waals surface area contributed by atoms with Crippen LogP contribution in [0.4, 0.5) is 10.5 Å². The molecule has 228 valence electrons. The van der Waals surface area contributed by atoms with Crippen molar-refractivity contribution in [1.29, 1.82) is 0 Å². The maximum Gasteiger partial charge on any atom is 0.412 e. The number of aromatic nitrogens is 1. The van der Waals surface area contributed by atoms with Crippen LogP contribution in [0.2, 0.25) is 0 Å². The molecule has 0 aliphatic heterocycles. The van der Waals surface area contributed by atoms with Crippen LogP contribution < -0.4 is 10.0 Å². The number of benzene rings is 4. The first-order valence-electron chi connectivity index (χ1n) is 14.5. The number of carbonyl (C=O) groups is 2. The zero-order valence-corrected chi connectivity index (χ0v) is 25.5. The predicted molar refractivity (Wildman–Crippen MR) is 170 cm³/mol. The second-order valence-electron chi connectivity index (χ2n) is 11.0. The Kier molecular flexibility index (Phi) is 7.99. The van der Waals surface area contributed by atoms with Crippen LogP contribution in [0, 0.1) is 6.92 Å². The molecule has 1 aliphatic rings. The van der Waals surface area contributed by atoms with Gasteiger partial charge in [-0.3, -0.25) is 10.1 Å².